The van der Waals surface area contributed by atoms with Crippen LogP contribution in [0.1, 0.15) is 29.9 Å². The topological polar surface area (TPSA) is 52.9 Å². The smallest absolute Gasteiger partial charge is 0.160 e. The lowest BCUT2D eigenvalue weighted by molar-refractivity contribution is 0.0828. The molecule has 4 heteroatoms. The second-order valence-corrected chi connectivity index (χ2v) is 6.00. The fraction of sp³-hybridized carbons (Fsp3) is 0.500. The molecule has 1 saturated heterocycles. The fourth-order valence-corrected chi connectivity index (χ4v) is 4.12. The maximum Gasteiger partial charge on any atom is 0.160 e. The fourth-order valence-electron chi connectivity index (χ4n) is 4.12. The lowest BCUT2D eigenvalue weighted by Crippen LogP contribution is -2.45. The first kappa shape index (κ1) is 12.2. The molecule has 2 aliphatic heterocycles. The van der Waals surface area contributed by atoms with Crippen molar-refractivity contribution in [2.75, 3.05) is 13.7 Å². The van der Waals surface area contributed by atoms with Gasteiger partial charge in [0.1, 0.15) is 0 Å². The Balaban J connectivity index is 1.88. The molecular weight excluding hydrogens is 254 g/mol. The number of phenolic OH excluding ortho intramolecular Hbond substituents is 1. The van der Waals surface area contributed by atoms with Crippen molar-refractivity contribution < 1.29 is 14.9 Å². The van der Waals surface area contributed by atoms with Crippen molar-refractivity contribution in [1.82, 2.24) is 4.90 Å². The molecular formula is C16H19NO3. The first-order chi connectivity index (χ1) is 9.69. The van der Waals surface area contributed by atoms with E-state index in [0.29, 0.717) is 11.8 Å². The number of aliphatic hydroxyl groups excluding tert-OH is 1. The summed E-state index contributed by atoms with van der Waals surface area (Å²) in [5, 5.41) is 20.5. The quantitative estimate of drug-likeness (QED) is 0.766. The number of hydrogen-bond acceptors (Lipinski definition) is 4. The van der Waals surface area contributed by atoms with Gasteiger partial charge < -0.3 is 14.9 Å². The van der Waals surface area contributed by atoms with Gasteiger partial charge in [-0.05, 0) is 36.1 Å². The number of aromatic hydroxyl groups is 1. The second kappa shape index (κ2) is 4.24. The minimum absolute atomic E-state index is 0.107. The van der Waals surface area contributed by atoms with Crippen molar-refractivity contribution in [3.05, 3.63) is 34.9 Å². The number of fused-ring (bicyclic) bond motifs is 2. The van der Waals surface area contributed by atoms with Crippen LogP contribution in [0, 0.1) is 0 Å². The highest BCUT2D eigenvalue weighted by Crippen LogP contribution is 2.48. The molecule has 1 aromatic rings. The highest BCUT2D eigenvalue weighted by Gasteiger charge is 2.45. The molecule has 4 rings (SSSR count). The molecule has 3 aliphatic rings. The molecule has 2 heterocycles. The van der Waals surface area contributed by atoms with E-state index in [1.54, 1.807) is 13.2 Å². The Bertz CT molecular complexity index is 596. The van der Waals surface area contributed by atoms with Crippen LogP contribution in [-0.2, 0) is 6.54 Å². The standard InChI is InChI=1S/C16H19NO3/c1-20-14-7-11-10(6-13(14)19)8-17-5-4-9-2-3-12(18)15(11)16(9)17/h2,6-7,12,15-16,18-19H,3-5,8H2,1H3/t12?,15-,16-/m1/s1. The molecule has 3 atom stereocenters. The van der Waals surface area contributed by atoms with Crippen LogP contribution in [0.15, 0.2) is 23.8 Å². The maximum atomic E-state index is 10.5. The molecule has 0 aromatic heterocycles. The molecule has 0 radical (unpaired) electrons. The Kier molecular flexibility index (Phi) is 2.59. The van der Waals surface area contributed by atoms with E-state index >= 15 is 0 Å². The molecule has 0 amide bonds. The summed E-state index contributed by atoms with van der Waals surface area (Å²) < 4.78 is 5.24. The van der Waals surface area contributed by atoms with Crippen LogP contribution >= 0.6 is 0 Å². The SMILES string of the molecule is COc1cc2c(cc1O)CN1CCC3=CCC(O)[C@@H]2[C@@H]31. The summed E-state index contributed by atoms with van der Waals surface area (Å²) in [7, 11) is 1.56. The van der Waals surface area contributed by atoms with Crippen molar-refractivity contribution >= 4 is 0 Å². The third-order valence-electron chi connectivity index (χ3n) is 5.01. The zero-order valence-electron chi connectivity index (χ0n) is 11.5. The number of methoxy groups -OCH3 is 1. The molecule has 1 unspecified atom stereocenters. The molecule has 106 valence electrons. The number of hydrogen-bond donors (Lipinski definition) is 2. The van der Waals surface area contributed by atoms with Gasteiger partial charge in [0.15, 0.2) is 11.5 Å². The first-order valence-electron chi connectivity index (χ1n) is 7.20. The predicted molar refractivity (Wildman–Crippen MR) is 74.9 cm³/mol. The Morgan fingerprint density at radius 3 is 3.00 bits per heavy atom. The number of phenols is 1. The van der Waals surface area contributed by atoms with E-state index in [2.05, 4.69) is 11.0 Å². The van der Waals surface area contributed by atoms with Gasteiger partial charge in [-0.15, -0.1) is 0 Å². The van der Waals surface area contributed by atoms with E-state index in [9.17, 15) is 10.2 Å². The first-order valence-corrected chi connectivity index (χ1v) is 7.20. The van der Waals surface area contributed by atoms with Crippen molar-refractivity contribution in [3.8, 4) is 11.5 Å². The Hall–Kier alpha value is -1.52. The zero-order valence-corrected chi connectivity index (χ0v) is 11.5. The van der Waals surface area contributed by atoms with Crippen molar-refractivity contribution in [2.45, 2.75) is 37.5 Å². The monoisotopic (exact) mass is 273 g/mol. The van der Waals surface area contributed by atoms with Crippen LogP contribution < -0.4 is 4.74 Å². The number of aliphatic hydroxyl groups is 1. The minimum Gasteiger partial charge on any atom is -0.504 e. The summed E-state index contributed by atoms with van der Waals surface area (Å²) in [5.41, 5.74) is 3.73. The van der Waals surface area contributed by atoms with Crippen LogP contribution in [0.5, 0.6) is 11.5 Å². The van der Waals surface area contributed by atoms with E-state index < -0.39 is 0 Å². The van der Waals surface area contributed by atoms with Crippen LogP contribution in [-0.4, -0.2) is 40.9 Å². The predicted octanol–water partition coefficient (Wildman–Crippen LogP) is 1.76. The van der Waals surface area contributed by atoms with Gasteiger partial charge in [0.25, 0.3) is 0 Å². The van der Waals surface area contributed by atoms with Crippen LogP contribution in [0.2, 0.25) is 0 Å². The summed E-state index contributed by atoms with van der Waals surface area (Å²) in [5.74, 6) is 0.791. The number of rotatable bonds is 1. The van der Waals surface area contributed by atoms with E-state index in [-0.39, 0.29) is 17.8 Å². The largest absolute Gasteiger partial charge is 0.504 e. The molecule has 0 bridgehead atoms. The van der Waals surface area contributed by atoms with Crippen LogP contribution in [0.3, 0.4) is 0 Å². The van der Waals surface area contributed by atoms with Gasteiger partial charge in [0, 0.05) is 25.0 Å². The summed E-state index contributed by atoms with van der Waals surface area (Å²) in [6, 6.07) is 4.05. The lowest BCUT2D eigenvalue weighted by atomic mass is 9.74. The Morgan fingerprint density at radius 1 is 1.35 bits per heavy atom. The van der Waals surface area contributed by atoms with Gasteiger partial charge in [-0.3, -0.25) is 4.90 Å². The molecule has 0 saturated carbocycles. The molecule has 4 nitrogen and oxygen atoms in total. The number of nitrogens with zero attached hydrogens (tertiary/aromatic N) is 1. The number of ether oxygens (including phenoxy) is 1. The molecule has 1 aromatic carbocycles. The maximum absolute atomic E-state index is 10.5. The second-order valence-electron chi connectivity index (χ2n) is 6.00. The highest BCUT2D eigenvalue weighted by molar-refractivity contribution is 5.51. The third kappa shape index (κ3) is 1.55. The van der Waals surface area contributed by atoms with E-state index in [4.69, 9.17) is 4.74 Å². The molecule has 0 spiro atoms. The number of benzene rings is 1. The zero-order chi connectivity index (χ0) is 13.9. The van der Waals surface area contributed by atoms with Gasteiger partial charge in [0.05, 0.1) is 13.2 Å². The van der Waals surface area contributed by atoms with Gasteiger partial charge in [-0.2, -0.15) is 0 Å². The van der Waals surface area contributed by atoms with E-state index in [0.717, 1.165) is 37.1 Å². The average molecular weight is 273 g/mol. The summed E-state index contributed by atoms with van der Waals surface area (Å²) in [6.45, 7) is 1.89. The average Bonchev–Trinajstić information content (AvgIpc) is 2.84. The Morgan fingerprint density at radius 2 is 2.20 bits per heavy atom. The van der Waals surface area contributed by atoms with Gasteiger partial charge in [-0.25, -0.2) is 0 Å². The summed E-state index contributed by atoms with van der Waals surface area (Å²) >= 11 is 0. The third-order valence-corrected chi connectivity index (χ3v) is 5.01. The van der Waals surface area contributed by atoms with Crippen molar-refractivity contribution in [2.24, 2.45) is 0 Å². The van der Waals surface area contributed by atoms with Gasteiger partial charge in [0.2, 0.25) is 0 Å². The Labute approximate surface area is 118 Å². The molecule has 20 heavy (non-hydrogen) atoms. The van der Waals surface area contributed by atoms with Crippen LogP contribution in [0.4, 0.5) is 0 Å². The molecule has 2 N–H and O–H groups in total. The van der Waals surface area contributed by atoms with Crippen molar-refractivity contribution in [1.29, 1.82) is 0 Å². The lowest BCUT2D eigenvalue weighted by Gasteiger charge is -2.43. The summed E-state index contributed by atoms with van der Waals surface area (Å²) in [4.78, 5) is 2.42. The van der Waals surface area contributed by atoms with E-state index in [1.807, 2.05) is 6.07 Å². The summed E-state index contributed by atoms with van der Waals surface area (Å²) in [6.07, 6.45) is 3.70. The minimum atomic E-state index is -0.349. The van der Waals surface area contributed by atoms with E-state index in [1.165, 1.54) is 5.57 Å². The normalized spacial score (nSPS) is 31.5. The van der Waals surface area contributed by atoms with Crippen molar-refractivity contribution in [3.63, 3.8) is 0 Å². The van der Waals surface area contributed by atoms with Gasteiger partial charge in [-0.1, -0.05) is 11.6 Å². The molecule has 1 fully saturated rings. The van der Waals surface area contributed by atoms with Gasteiger partial charge >= 0.3 is 0 Å². The molecule has 1 aliphatic carbocycles. The highest BCUT2D eigenvalue weighted by atomic mass is 16.5. The van der Waals surface area contributed by atoms with Crippen LogP contribution in [0.25, 0.3) is 0 Å².